The fraction of sp³-hybridized carbons (Fsp3) is 0.583. The van der Waals surface area contributed by atoms with Crippen molar-refractivity contribution in [1.82, 2.24) is 5.32 Å². The summed E-state index contributed by atoms with van der Waals surface area (Å²) in [5, 5.41) is 4.50. The number of hydrogen-bond acceptors (Lipinski definition) is 3. The standard InChI is InChI=1S/C8H12N2OS.2C2H6/c1-10-8(11)7(9)5-6-3-2-4-12-6;2*1-2/h2-4,7H,5,9H2,1H3,(H,10,11);2*1-2H3. The van der Waals surface area contributed by atoms with Crippen molar-refractivity contribution in [2.45, 2.75) is 40.2 Å². The van der Waals surface area contributed by atoms with Gasteiger partial charge in [-0.1, -0.05) is 33.8 Å². The summed E-state index contributed by atoms with van der Waals surface area (Å²) in [6, 6.07) is 3.51. The number of nitrogens with one attached hydrogen (secondary N) is 1. The summed E-state index contributed by atoms with van der Waals surface area (Å²) in [4.78, 5) is 12.2. The number of nitrogens with two attached hydrogens (primary N) is 1. The summed E-state index contributed by atoms with van der Waals surface area (Å²) in [7, 11) is 1.59. The third-order valence-corrected chi connectivity index (χ3v) is 2.48. The van der Waals surface area contributed by atoms with Crippen LogP contribution in [-0.4, -0.2) is 19.0 Å². The van der Waals surface area contributed by atoms with E-state index in [-0.39, 0.29) is 5.91 Å². The Morgan fingerprint density at radius 1 is 1.44 bits per heavy atom. The Hall–Kier alpha value is -0.870. The first-order valence-corrected chi connectivity index (χ1v) is 6.61. The van der Waals surface area contributed by atoms with Crippen LogP contribution in [0, 0.1) is 0 Å². The lowest BCUT2D eigenvalue weighted by Gasteiger charge is -2.07. The van der Waals surface area contributed by atoms with Crippen LogP contribution in [0.2, 0.25) is 0 Å². The fourth-order valence-electron chi connectivity index (χ4n) is 0.924. The first kappa shape index (κ1) is 17.5. The van der Waals surface area contributed by atoms with Gasteiger partial charge in [-0.2, -0.15) is 0 Å². The van der Waals surface area contributed by atoms with Crippen molar-refractivity contribution in [3.8, 4) is 0 Å². The van der Waals surface area contributed by atoms with E-state index in [1.54, 1.807) is 18.4 Å². The van der Waals surface area contributed by atoms with Crippen LogP contribution >= 0.6 is 11.3 Å². The summed E-state index contributed by atoms with van der Waals surface area (Å²) in [6.07, 6.45) is 0.622. The molecule has 1 amide bonds. The fourth-order valence-corrected chi connectivity index (χ4v) is 1.69. The molecule has 94 valence electrons. The maximum absolute atomic E-state index is 11.0. The van der Waals surface area contributed by atoms with Crippen LogP contribution in [0.25, 0.3) is 0 Å². The molecule has 0 spiro atoms. The molecule has 1 unspecified atom stereocenters. The number of likely N-dealkylation sites (N-methyl/N-ethyl adjacent to an activating group) is 1. The molecule has 4 heteroatoms. The van der Waals surface area contributed by atoms with Crippen molar-refractivity contribution in [1.29, 1.82) is 0 Å². The Bertz CT molecular complexity index is 248. The molecule has 0 aliphatic rings. The Labute approximate surface area is 103 Å². The summed E-state index contributed by atoms with van der Waals surface area (Å²) in [5.41, 5.74) is 5.61. The largest absolute Gasteiger partial charge is 0.358 e. The van der Waals surface area contributed by atoms with Crippen LogP contribution in [-0.2, 0) is 11.2 Å². The predicted molar refractivity (Wildman–Crippen MR) is 72.8 cm³/mol. The lowest BCUT2D eigenvalue weighted by molar-refractivity contribution is -0.121. The molecule has 3 N–H and O–H groups in total. The van der Waals surface area contributed by atoms with Crippen LogP contribution in [0.4, 0.5) is 0 Å². The van der Waals surface area contributed by atoms with Crippen molar-refractivity contribution >= 4 is 17.2 Å². The minimum atomic E-state index is -0.423. The summed E-state index contributed by atoms with van der Waals surface area (Å²) in [6.45, 7) is 8.00. The second-order valence-corrected chi connectivity index (χ2v) is 3.54. The lowest BCUT2D eigenvalue weighted by Crippen LogP contribution is -2.40. The van der Waals surface area contributed by atoms with Crippen LogP contribution in [0.3, 0.4) is 0 Å². The molecule has 0 fully saturated rings. The highest BCUT2D eigenvalue weighted by Gasteiger charge is 2.11. The average molecular weight is 244 g/mol. The number of rotatable bonds is 3. The Morgan fingerprint density at radius 2 is 2.00 bits per heavy atom. The smallest absolute Gasteiger partial charge is 0.237 e. The van der Waals surface area contributed by atoms with E-state index in [1.807, 2.05) is 45.2 Å². The van der Waals surface area contributed by atoms with Crippen molar-refractivity contribution in [3.63, 3.8) is 0 Å². The molecular formula is C12H24N2OS. The topological polar surface area (TPSA) is 55.1 Å². The summed E-state index contributed by atoms with van der Waals surface area (Å²) >= 11 is 1.62. The van der Waals surface area contributed by atoms with E-state index in [2.05, 4.69) is 5.32 Å². The summed E-state index contributed by atoms with van der Waals surface area (Å²) in [5.74, 6) is -0.108. The second-order valence-electron chi connectivity index (χ2n) is 2.50. The predicted octanol–water partition coefficient (Wildman–Crippen LogP) is 2.42. The molecule has 1 heterocycles. The summed E-state index contributed by atoms with van der Waals surface area (Å²) < 4.78 is 0. The molecule has 0 aromatic carbocycles. The zero-order chi connectivity index (χ0) is 13.0. The Kier molecular flexibility index (Phi) is 13.4. The number of thiophene rings is 1. The third-order valence-electron chi connectivity index (χ3n) is 1.58. The number of carbonyl (C=O) groups is 1. The average Bonchev–Trinajstić information content (AvgIpc) is 2.86. The van der Waals surface area contributed by atoms with Gasteiger partial charge in [0, 0.05) is 18.3 Å². The number of carbonyl (C=O) groups excluding carboxylic acids is 1. The first-order valence-electron chi connectivity index (χ1n) is 5.73. The van der Waals surface area contributed by atoms with Crippen LogP contribution < -0.4 is 11.1 Å². The lowest BCUT2D eigenvalue weighted by atomic mass is 10.2. The molecule has 0 bridgehead atoms. The van der Waals surface area contributed by atoms with Gasteiger partial charge < -0.3 is 11.1 Å². The maximum Gasteiger partial charge on any atom is 0.237 e. The van der Waals surface area contributed by atoms with E-state index in [0.717, 1.165) is 4.88 Å². The van der Waals surface area contributed by atoms with E-state index in [9.17, 15) is 4.79 Å². The molecule has 0 saturated carbocycles. The van der Waals surface area contributed by atoms with Gasteiger partial charge in [0.25, 0.3) is 0 Å². The van der Waals surface area contributed by atoms with Crippen LogP contribution in [0.1, 0.15) is 32.6 Å². The zero-order valence-corrected chi connectivity index (χ0v) is 11.7. The molecular weight excluding hydrogens is 220 g/mol. The second kappa shape index (κ2) is 12.2. The minimum absolute atomic E-state index is 0.108. The highest BCUT2D eigenvalue weighted by atomic mass is 32.1. The third kappa shape index (κ3) is 7.43. The van der Waals surface area contributed by atoms with Crippen molar-refractivity contribution in [2.75, 3.05) is 7.05 Å². The van der Waals surface area contributed by atoms with Gasteiger partial charge in [-0.3, -0.25) is 4.79 Å². The molecule has 1 aromatic rings. The van der Waals surface area contributed by atoms with Gasteiger partial charge in [0.05, 0.1) is 6.04 Å². The van der Waals surface area contributed by atoms with Crippen LogP contribution in [0.5, 0.6) is 0 Å². The highest BCUT2D eigenvalue weighted by molar-refractivity contribution is 7.09. The van der Waals surface area contributed by atoms with E-state index in [1.165, 1.54) is 0 Å². The Morgan fingerprint density at radius 3 is 2.38 bits per heavy atom. The SMILES string of the molecule is CC.CC.CNC(=O)C(N)Cc1cccs1. The quantitative estimate of drug-likeness (QED) is 0.858. The minimum Gasteiger partial charge on any atom is -0.358 e. The number of hydrogen-bond donors (Lipinski definition) is 2. The van der Waals surface area contributed by atoms with Crippen molar-refractivity contribution in [3.05, 3.63) is 22.4 Å². The van der Waals surface area contributed by atoms with Gasteiger partial charge in [0.1, 0.15) is 0 Å². The van der Waals surface area contributed by atoms with E-state index < -0.39 is 6.04 Å². The molecule has 0 aliphatic carbocycles. The molecule has 3 nitrogen and oxygen atoms in total. The molecule has 0 radical (unpaired) electrons. The molecule has 1 rings (SSSR count). The molecule has 16 heavy (non-hydrogen) atoms. The first-order chi connectivity index (χ1) is 7.74. The van der Waals surface area contributed by atoms with E-state index in [0.29, 0.717) is 6.42 Å². The van der Waals surface area contributed by atoms with Gasteiger partial charge in [-0.15, -0.1) is 11.3 Å². The van der Waals surface area contributed by atoms with Gasteiger partial charge in [0.2, 0.25) is 5.91 Å². The van der Waals surface area contributed by atoms with E-state index in [4.69, 9.17) is 5.73 Å². The molecule has 0 saturated heterocycles. The number of amides is 1. The zero-order valence-electron chi connectivity index (χ0n) is 10.9. The van der Waals surface area contributed by atoms with Gasteiger partial charge in [-0.25, -0.2) is 0 Å². The van der Waals surface area contributed by atoms with Gasteiger partial charge in [-0.05, 0) is 11.4 Å². The highest BCUT2D eigenvalue weighted by Crippen LogP contribution is 2.10. The van der Waals surface area contributed by atoms with Crippen molar-refractivity contribution in [2.24, 2.45) is 5.73 Å². The van der Waals surface area contributed by atoms with Gasteiger partial charge in [0.15, 0.2) is 0 Å². The van der Waals surface area contributed by atoms with Gasteiger partial charge >= 0.3 is 0 Å². The monoisotopic (exact) mass is 244 g/mol. The molecule has 1 atom stereocenters. The van der Waals surface area contributed by atoms with E-state index >= 15 is 0 Å². The molecule has 1 aromatic heterocycles. The Balaban J connectivity index is 0. The maximum atomic E-state index is 11.0. The van der Waals surface area contributed by atoms with Crippen molar-refractivity contribution < 1.29 is 4.79 Å². The normalized spacial score (nSPS) is 10.1. The van der Waals surface area contributed by atoms with Crippen LogP contribution in [0.15, 0.2) is 17.5 Å². The molecule has 0 aliphatic heterocycles.